The first-order valence-electron chi connectivity index (χ1n) is 12.4. The number of nitrogens with zero attached hydrogens (tertiary/aromatic N) is 1. The molecule has 4 aromatic rings. The van der Waals surface area contributed by atoms with Crippen molar-refractivity contribution in [1.29, 1.82) is 0 Å². The lowest BCUT2D eigenvalue weighted by Crippen LogP contribution is -2.52. The fraction of sp³-hybridized carbons (Fsp3) is 0.161. The van der Waals surface area contributed by atoms with Crippen molar-refractivity contribution in [3.63, 3.8) is 0 Å². The first kappa shape index (κ1) is 20.4. The smallest absolute Gasteiger partial charge is 0.324 e. The van der Waals surface area contributed by atoms with Gasteiger partial charge in [-0.25, -0.2) is 0 Å². The number of Topliss-reactive ketones (excluding diaryl/α,β-unsaturated/α-hetero) is 1. The van der Waals surface area contributed by atoms with Crippen LogP contribution in [0, 0.1) is 0 Å². The fourth-order valence-electron chi connectivity index (χ4n) is 5.60. The number of ketones is 1. The maximum Gasteiger partial charge on any atom is 0.324 e. The Hall–Kier alpha value is -4.02. The molecule has 0 saturated carbocycles. The van der Waals surface area contributed by atoms with Crippen LogP contribution in [0.2, 0.25) is 0 Å². The van der Waals surface area contributed by atoms with E-state index in [0.29, 0.717) is 0 Å². The van der Waals surface area contributed by atoms with E-state index in [0.717, 1.165) is 33.4 Å². The minimum Gasteiger partial charge on any atom is -0.460 e. The van der Waals surface area contributed by atoms with Crippen LogP contribution in [0.1, 0.15) is 30.0 Å². The first-order chi connectivity index (χ1) is 17.6. The van der Waals surface area contributed by atoms with Crippen LogP contribution in [-0.2, 0) is 26.5 Å². The molecule has 4 aromatic carbocycles. The summed E-state index contributed by atoms with van der Waals surface area (Å²) in [7, 11) is 0. The Bertz CT molecular complexity index is 1390. The van der Waals surface area contributed by atoms with Crippen LogP contribution < -0.4 is 0 Å². The molecule has 0 aromatic heterocycles. The van der Waals surface area contributed by atoms with Gasteiger partial charge >= 0.3 is 5.97 Å². The number of likely N-dealkylation sites (tertiary alicyclic amines) is 1. The van der Waals surface area contributed by atoms with E-state index in [9.17, 15) is 9.59 Å². The molecule has 1 aliphatic carbocycles. The lowest BCUT2D eigenvalue weighted by Gasteiger charge is -2.43. The lowest BCUT2D eigenvalue weighted by atomic mass is 9.78. The molecule has 1 heterocycles. The third-order valence-corrected chi connectivity index (χ3v) is 7.02. The van der Waals surface area contributed by atoms with E-state index in [1.165, 1.54) is 0 Å². The molecule has 2 atom stereocenters. The molecule has 1 unspecified atom stereocenters. The summed E-state index contributed by atoms with van der Waals surface area (Å²) in [5.74, 6) is -0.837. The quantitative estimate of drug-likeness (QED) is 0.377. The zero-order chi connectivity index (χ0) is 24.7. The standard InChI is InChI=1S/C31H25NO3/c33-24-19-29(30(34)35-21-22-11-3-1-4-12-22)32(20-24)31(23-13-5-2-6-14-23)27-17-9-7-15-25(27)26-16-8-10-18-28(26)31/h1-18,29H,19-21H2/t29-/m0/s1/i19D/t19?,29-. The van der Waals surface area contributed by atoms with E-state index in [2.05, 4.69) is 24.3 Å². The summed E-state index contributed by atoms with van der Waals surface area (Å²) >= 11 is 0. The molecule has 0 N–H and O–H groups in total. The molecule has 172 valence electrons. The number of ether oxygens (including phenoxy) is 1. The van der Waals surface area contributed by atoms with Crippen molar-refractivity contribution < 1.29 is 15.7 Å². The highest BCUT2D eigenvalue weighted by Crippen LogP contribution is 2.55. The molecule has 1 fully saturated rings. The van der Waals surface area contributed by atoms with E-state index in [4.69, 9.17) is 6.11 Å². The molecular formula is C31H25NO3. The molecule has 1 aliphatic heterocycles. The number of rotatable bonds is 5. The van der Waals surface area contributed by atoms with Crippen molar-refractivity contribution in [2.45, 2.75) is 24.6 Å². The summed E-state index contributed by atoms with van der Waals surface area (Å²) in [4.78, 5) is 28.6. The van der Waals surface area contributed by atoms with Crippen LogP contribution in [-0.4, -0.2) is 29.2 Å². The van der Waals surface area contributed by atoms with Gasteiger partial charge in [-0.2, -0.15) is 0 Å². The summed E-state index contributed by atoms with van der Waals surface area (Å²) in [5.41, 5.74) is 5.03. The van der Waals surface area contributed by atoms with Gasteiger partial charge in [0.05, 0.1) is 12.1 Å². The molecule has 0 radical (unpaired) electrons. The summed E-state index contributed by atoms with van der Waals surface area (Å²) in [6.07, 6.45) is -1.23. The average molecular weight is 461 g/mol. The number of fused-ring (bicyclic) bond motifs is 3. The number of carbonyl (C=O) groups is 2. The normalized spacial score (nSPS) is 20.7. The molecule has 35 heavy (non-hydrogen) atoms. The third-order valence-electron chi connectivity index (χ3n) is 7.02. The third kappa shape index (κ3) is 3.41. The minimum atomic E-state index is -1.23. The van der Waals surface area contributed by atoms with Crippen molar-refractivity contribution >= 4 is 11.8 Å². The monoisotopic (exact) mass is 460 g/mol. The molecule has 2 aliphatic rings. The van der Waals surface area contributed by atoms with Gasteiger partial charge in [-0.05, 0) is 33.4 Å². The number of hydrogen-bond acceptors (Lipinski definition) is 4. The van der Waals surface area contributed by atoms with E-state index in [-0.39, 0.29) is 18.9 Å². The number of hydrogen-bond donors (Lipinski definition) is 0. The highest BCUT2D eigenvalue weighted by atomic mass is 16.5. The second kappa shape index (κ2) is 8.64. The molecule has 0 spiro atoms. The van der Waals surface area contributed by atoms with Crippen LogP contribution in [0.15, 0.2) is 109 Å². The van der Waals surface area contributed by atoms with Gasteiger partial charge in [0.15, 0.2) is 0 Å². The SMILES string of the molecule is [2H]C1C(=O)CN(C2(c3ccccc3)c3ccccc3-c3ccccc32)[C@@H]1C(=O)OCc1ccccc1. The van der Waals surface area contributed by atoms with Crippen molar-refractivity contribution in [3.8, 4) is 11.1 Å². The predicted octanol–water partition coefficient (Wildman–Crippen LogP) is 5.35. The summed E-state index contributed by atoms with van der Waals surface area (Å²) in [6.45, 7) is 0.0767. The zero-order valence-corrected chi connectivity index (χ0v) is 19.1. The first-order valence-corrected chi connectivity index (χ1v) is 11.8. The molecule has 0 bridgehead atoms. The van der Waals surface area contributed by atoms with Crippen molar-refractivity contribution in [2.75, 3.05) is 6.54 Å². The Balaban J connectivity index is 1.52. The predicted molar refractivity (Wildman–Crippen MR) is 135 cm³/mol. The van der Waals surface area contributed by atoms with Gasteiger partial charge in [0.25, 0.3) is 0 Å². The van der Waals surface area contributed by atoms with E-state index >= 15 is 0 Å². The van der Waals surface area contributed by atoms with Crippen LogP contribution in [0.25, 0.3) is 11.1 Å². The molecule has 4 heteroatoms. The van der Waals surface area contributed by atoms with Gasteiger partial charge in [-0.3, -0.25) is 14.5 Å². The minimum absolute atomic E-state index is 0.0170. The fourth-order valence-corrected chi connectivity index (χ4v) is 5.60. The maximum absolute atomic E-state index is 13.6. The highest BCUT2D eigenvalue weighted by molar-refractivity contribution is 5.93. The maximum atomic E-state index is 13.6. The Morgan fingerprint density at radius 2 is 1.37 bits per heavy atom. The Morgan fingerprint density at radius 3 is 2.00 bits per heavy atom. The van der Waals surface area contributed by atoms with Crippen LogP contribution >= 0.6 is 0 Å². The lowest BCUT2D eigenvalue weighted by molar-refractivity contribution is -0.151. The topological polar surface area (TPSA) is 46.6 Å². The molecule has 1 saturated heterocycles. The van der Waals surface area contributed by atoms with Crippen LogP contribution in [0.5, 0.6) is 0 Å². The average Bonchev–Trinajstić information content (AvgIpc) is 3.40. The second-order valence-electron chi connectivity index (χ2n) is 8.97. The van der Waals surface area contributed by atoms with Crippen molar-refractivity contribution in [3.05, 3.63) is 131 Å². The summed E-state index contributed by atoms with van der Waals surface area (Å²) in [6, 6.07) is 34.7. The highest BCUT2D eigenvalue weighted by Gasteiger charge is 2.55. The van der Waals surface area contributed by atoms with Gasteiger partial charge < -0.3 is 4.74 Å². The van der Waals surface area contributed by atoms with E-state index < -0.39 is 23.9 Å². The molecule has 6 rings (SSSR count). The number of benzene rings is 4. The zero-order valence-electron chi connectivity index (χ0n) is 20.1. The largest absolute Gasteiger partial charge is 0.460 e. The van der Waals surface area contributed by atoms with Gasteiger partial charge in [0.1, 0.15) is 18.4 Å². The van der Waals surface area contributed by atoms with Crippen molar-refractivity contribution in [1.82, 2.24) is 4.90 Å². The molecule has 0 amide bonds. The Labute approximate surface area is 206 Å². The summed E-state index contributed by atoms with van der Waals surface area (Å²) in [5, 5.41) is 0. The van der Waals surface area contributed by atoms with Crippen LogP contribution in [0.4, 0.5) is 0 Å². The Morgan fingerprint density at radius 1 is 0.829 bits per heavy atom. The Kier molecular flexibility index (Phi) is 5.03. The molecular weight excluding hydrogens is 434 g/mol. The second-order valence-corrected chi connectivity index (χ2v) is 8.97. The van der Waals surface area contributed by atoms with E-state index in [1.807, 2.05) is 89.8 Å². The number of carbonyl (C=O) groups excluding carboxylic acids is 2. The van der Waals surface area contributed by atoms with Crippen molar-refractivity contribution in [2.24, 2.45) is 0 Å². The van der Waals surface area contributed by atoms with Crippen LogP contribution in [0.3, 0.4) is 0 Å². The molecule has 4 nitrogen and oxygen atoms in total. The van der Waals surface area contributed by atoms with Gasteiger partial charge in [-0.1, -0.05) is 109 Å². The van der Waals surface area contributed by atoms with Gasteiger partial charge in [-0.15, -0.1) is 0 Å². The van der Waals surface area contributed by atoms with Gasteiger partial charge in [0, 0.05) is 7.77 Å². The summed E-state index contributed by atoms with van der Waals surface area (Å²) < 4.78 is 14.5. The van der Waals surface area contributed by atoms with E-state index in [1.54, 1.807) is 0 Å². The number of esters is 1. The van der Waals surface area contributed by atoms with Gasteiger partial charge in [0.2, 0.25) is 0 Å².